The van der Waals surface area contributed by atoms with E-state index in [1.165, 1.54) is 0 Å². The number of hydrogen-bond acceptors (Lipinski definition) is 4. The molecule has 6 nitrogen and oxygen atoms in total. The highest BCUT2D eigenvalue weighted by atomic mass is 16.6. The maximum Gasteiger partial charge on any atom is 0.408 e. The predicted molar refractivity (Wildman–Crippen MR) is 93.8 cm³/mol. The fraction of sp³-hybridized carbons (Fsp3) is 0.556. The summed E-state index contributed by atoms with van der Waals surface area (Å²) in [5.41, 5.74) is 1.80. The number of amides is 2. The molecule has 0 saturated heterocycles. The second-order valence-electron chi connectivity index (χ2n) is 6.60. The molecule has 6 heteroatoms. The third kappa shape index (κ3) is 6.20. The monoisotopic (exact) mass is 336 g/mol. The lowest BCUT2D eigenvalue weighted by molar-refractivity contribution is -0.118. The van der Waals surface area contributed by atoms with Crippen LogP contribution in [-0.4, -0.2) is 28.7 Å². The van der Waals surface area contributed by atoms with Crippen LogP contribution in [0.4, 0.5) is 10.5 Å². The Kier molecular flexibility index (Phi) is 7.22. The van der Waals surface area contributed by atoms with Crippen molar-refractivity contribution in [1.82, 2.24) is 5.32 Å². The Bertz CT molecular complexity index is 579. The van der Waals surface area contributed by atoms with Crippen LogP contribution in [0.1, 0.15) is 52.2 Å². The summed E-state index contributed by atoms with van der Waals surface area (Å²) in [6.45, 7) is 9.05. The van der Waals surface area contributed by atoms with Crippen molar-refractivity contribution < 1.29 is 19.4 Å². The molecule has 0 fully saturated rings. The highest BCUT2D eigenvalue weighted by Crippen LogP contribution is 2.19. The second kappa shape index (κ2) is 8.68. The van der Waals surface area contributed by atoms with Crippen molar-refractivity contribution in [1.29, 1.82) is 0 Å². The number of aliphatic hydroxyl groups is 1. The normalized spacial score (nSPS) is 12.4. The van der Waals surface area contributed by atoms with Gasteiger partial charge in [0, 0.05) is 5.69 Å². The summed E-state index contributed by atoms with van der Waals surface area (Å²) >= 11 is 0. The first-order valence-electron chi connectivity index (χ1n) is 8.23. The molecule has 0 aliphatic heterocycles. The first kappa shape index (κ1) is 20.0. The molecule has 0 spiro atoms. The number of nitrogens with one attached hydrogen (secondary N) is 2. The van der Waals surface area contributed by atoms with Gasteiger partial charge in [-0.25, -0.2) is 4.79 Å². The Labute approximate surface area is 143 Å². The molecule has 2 amide bonds. The first-order valence-corrected chi connectivity index (χ1v) is 8.23. The average molecular weight is 336 g/mol. The van der Waals surface area contributed by atoms with Gasteiger partial charge in [-0.15, -0.1) is 0 Å². The van der Waals surface area contributed by atoms with Gasteiger partial charge in [0.15, 0.2) is 0 Å². The van der Waals surface area contributed by atoms with Gasteiger partial charge < -0.3 is 20.5 Å². The van der Waals surface area contributed by atoms with E-state index in [0.29, 0.717) is 12.1 Å². The number of carbonyl (C=O) groups is 2. The average Bonchev–Trinajstić information content (AvgIpc) is 2.51. The largest absolute Gasteiger partial charge is 0.444 e. The van der Waals surface area contributed by atoms with E-state index in [4.69, 9.17) is 4.74 Å². The summed E-state index contributed by atoms with van der Waals surface area (Å²) in [5, 5.41) is 14.6. The van der Waals surface area contributed by atoms with Crippen molar-refractivity contribution in [2.75, 3.05) is 5.32 Å². The summed E-state index contributed by atoms with van der Waals surface area (Å²) in [7, 11) is 0. The number of carbonyl (C=O) groups excluding carboxylic acids is 2. The van der Waals surface area contributed by atoms with Crippen LogP contribution in [0.5, 0.6) is 0 Å². The van der Waals surface area contributed by atoms with E-state index in [1.807, 2.05) is 19.9 Å². The molecule has 0 bridgehead atoms. The molecule has 0 aromatic heterocycles. The van der Waals surface area contributed by atoms with Gasteiger partial charge in [0.2, 0.25) is 5.91 Å². The molecule has 3 N–H and O–H groups in total. The van der Waals surface area contributed by atoms with Gasteiger partial charge in [-0.1, -0.05) is 26.0 Å². The van der Waals surface area contributed by atoms with Crippen LogP contribution in [0.15, 0.2) is 18.2 Å². The van der Waals surface area contributed by atoms with Gasteiger partial charge in [-0.3, -0.25) is 4.79 Å². The molecular formula is C18H28N2O4. The molecule has 1 atom stereocenters. The molecule has 0 saturated carbocycles. The maximum absolute atomic E-state index is 12.4. The molecule has 24 heavy (non-hydrogen) atoms. The number of anilines is 1. The van der Waals surface area contributed by atoms with Crippen LogP contribution in [0.3, 0.4) is 0 Å². The van der Waals surface area contributed by atoms with Gasteiger partial charge in [0.05, 0.1) is 6.61 Å². The highest BCUT2D eigenvalue weighted by molar-refractivity contribution is 5.97. The van der Waals surface area contributed by atoms with E-state index in [9.17, 15) is 14.7 Å². The minimum atomic E-state index is -0.679. The Balaban J connectivity index is 2.79. The summed E-state index contributed by atoms with van der Waals surface area (Å²) in [4.78, 5) is 24.3. The van der Waals surface area contributed by atoms with Crippen molar-refractivity contribution >= 4 is 17.7 Å². The van der Waals surface area contributed by atoms with Crippen LogP contribution in [0.25, 0.3) is 0 Å². The van der Waals surface area contributed by atoms with Crippen molar-refractivity contribution in [2.45, 2.75) is 65.7 Å². The van der Waals surface area contributed by atoms with E-state index in [2.05, 4.69) is 10.6 Å². The van der Waals surface area contributed by atoms with Gasteiger partial charge >= 0.3 is 6.09 Å². The van der Waals surface area contributed by atoms with Crippen LogP contribution in [0, 0.1) is 0 Å². The van der Waals surface area contributed by atoms with E-state index in [0.717, 1.165) is 17.5 Å². The van der Waals surface area contributed by atoms with E-state index < -0.39 is 17.7 Å². The molecule has 0 heterocycles. The van der Waals surface area contributed by atoms with Crippen LogP contribution in [0.2, 0.25) is 0 Å². The lowest BCUT2D eigenvalue weighted by atomic mass is 10.1. The van der Waals surface area contributed by atoms with Crippen molar-refractivity contribution in [3.8, 4) is 0 Å². The van der Waals surface area contributed by atoms with E-state index in [1.54, 1.807) is 32.9 Å². The van der Waals surface area contributed by atoms with Crippen molar-refractivity contribution in [3.63, 3.8) is 0 Å². The van der Waals surface area contributed by atoms with Crippen molar-refractivity contribution in [3.05, 3.63) is 29.3 Å². The number of hydrogen-bond donors (Lipinski definition) is 3. The molecule has 0 aliphatic carbocycles. The SMILES string of the molecule is CCc1cc(CO)ccc1NC(=O)[C@H](CC)NC(=O)OC(C)(C)C. The number of aryl methyl sites for hydroxylation is 1. The molecule has 1 rings (SSSR count). The van der Waals surface area contributed by atoms with Crippen LogP contribution in [-0.2, 0) is 22.6 Å². The Morgan fingerprint density at radius 3 is 2.42 bits per heavy atom. The summed E-state index contributed by atoms with van der Waals surface area (Å²) in [6, 6.07) is 4.71. The van der Waals surface area contributed by atoms with Crippen LogP contribution < -0.4 is 10.6 Å². The molecule has 0 radical (unpaired) electrons. The number of aliphatic hydroxyl groups excluding tert-OH is 1. The van der Waals surface area contributed by atoms with Gasteiger partial charge in [0.25, 0.3) is 0 Å². The molecular weight excluding hydrogens is 308 g/mol. The quantitative estimate of drug-likeness (QED) is 0.745. The van der Waals surface area contributed by atoms with Gasteiger partial charge in [-0.2, -0.15) is 0 Å². The minimum absolute atomic E-state index is 0.0426. The van der Waals surface area contributed by atoms with Gasteiger partial charge in [0.1, 0.15) is 11.6 Å². The molecule has 134 valence electrons. The molecule has 1 aromatic rings. The zero-order valence-electron chi connectivity index (χ0n) is 15.1. The zero-order chi connectivity index (χ0) is 18.3. The predicted octanol–water partition coefficient (Wildman–Crippen LogP) is 2.98. The Hall–Kier alpha value is -2.08. The number of benzene rings is 1. The standard InChI is InChI=1S/C18H28N2O4/c1-6-13-10-12(11-21)8-9-15(13)19-16(22)14(7-2)20-17(23)24-18(3,4)5/h8-10,14,21H,6-7,11H2,1-5H3,(H,19,22)(H,20,23)/t14-/m0/s1. The van der Waals surface area contributed by atoms with Gasteiger partial charge in [-0.05, 0) is 50.8 Å². The lowest BCUT2D eigenvalue weighted by Gasteiger charge is -2.23. The fourth-order valence-corrected chi connectivity index (χ4v) is 2.18. The smallest absolute Gasteiger partial charge is 0.408 e. The Morgan fingerprint density at radius 2 is 1.92 bits per heavy atom. The summed E-state index contributed by atoms with van der Waals surface area (Å²) in [5.74, 6) is -0.296. The summed E-state index contributed by atoms with van der Waals surface area (Å²) in [6.07, 6.45) is 0.553. The highest BCUT2D eigenvalue weighted by Gasteiger charge is 2.23. The Morgan fingerprint density at radius 1 is 1.25 bits per heavy atom. The zero-order valence-corrected chi connectivity index (χ0v) is 15.1. The molecule has 0 unspecified atom stereocenters. The molecule has 0 aliphatic rings. The number of alkyl carbamates (subject to hydrolysis) is 1. The minimum Gasteiger partial charge on any atom is -0.444 e. The fourth-order valence-electron chi connectivity index (χ4n) is 2.18. The third-order valence-electron chi connectivity index (χ3n) is 3.41. The first-order chi connectivity index (χ1) is 11.2. The van der Waals surface area contributed by atoms with E-state index >= 15 is 0 Å². The lowest BCUT2D eigenvalue weighted by Crippen LogP contribution is -2.45. The maximum atomic E-state index is 12.4. The molecule has 1 aromatic carbocycles. The third-order valence-corrected chi connectivity index (χ3v) is 3.41. The van der Waals surface area contributed by atoms with E-state index in [-0.39, 0.29) is 12.5 Å². The number of rotatable bonds is 6. The summed E-state index contributed by atoms with van der Waals surface area (Å²) < 4.78 is 5.19. The topological polar surface area (TPSA) is 87.7 Å². The van der Waals surface area contributed by atoms with Crippen molar-refractivity contribution in [2.24, 2.45) is 0 Å². The number of ether oxygens (including phenoxy) is 1. The van der Waals surface area contributed by atoms with Crippen LogP contribution >= 0.6 is 0 Å². The second-order valence-corrected chi connectivity index (χ2v) is 6.60.